The third-order valence-corrected chi connectivity index (χ3v) is 7.55. The molecule has 122 valence electrons. The van der Waals surface area contributed by atoms with Gasteiger partial charge in [-0.1, -0.05) is 12.1 Å². The Morgan fingerprint density at radius 1 is 1.00 bits per heavy atom. The van der Waals surface area contributed by atoms with E-state index in [9.17, 15) is 0 Å². The smallest absolute Gasteiger partial charge is 0.374 e. The van der Waals surface area contributed by atoms with E-state index in [4.69, 9.17) is 13.3 Å². The van der Waals surface area contributed by atoms with Gasteiger partial charge in [0.05, 0.1) is 15.2 Å². The highest BCUT2D eigenvalue weighted by Crippen LogP contribution is 2.25. The zero-order valence-corrected chi connectivity index (χ0v) is 15.4. The van der Waals surface area contributed by atoms with Crippen LogP contribution in [0.2, 0.25) is 6.04 Å². The van der Waals surface area contributed by atoms with Gasteiger partial charge in [-0.05, 0) is 45.7 Å². The van der Waals surface area contributed by atoms with Gasteiger partial charge in [-0.3, -0.25) is 0 Å². The molecule has 0 amide bonds. The lowest BCUT2D eigenvalue weighted by Crippen LogP contribution is -2.46. The second-order valence-corrected chi connectivity index (χ2v) is 8.76. The number of aromatic nitrogens is 1. The summed E-state index contributed by atoms with van der Waals surface area (Å²) in [6.45, 7) is 7.88. The predicted octanol–water partition coefficient (Wildman–Crippen LogP) is 4.28. The Morgan fingerprint density at radius 2 is 1.64 bits per heavy atom. The van der Waals surface area contributed by atoms with Crippen LogP contribution >= 0.6 is 11.3 Å². The van der Waals surface area contributed by atoms with E-state index in [-0.39, 0.29) is 0 Å². The molecule has 6 heteroatoms. The Morgan fingerprint density at radius 3 is 2.23 bits per heavy atom. The maximum atomic E-state index is 5.88. The number of fused-ring (bicyclic) bond motifs is 1. The molecular weight excluding hydrogens is 314 g/mol. The molecule has 0 aliphatic carbocycles. The van der Waals surface area contributed by atoms with Gasteiger partial charge in [-0.25, -0.2) is 4.98 Å². The molecule has 4 nitrogen and oxygen atoms in total. The van der Waals surface area contributed by atoms with Crippen molar-refractivity contribution in [2.45, 2.75) is 39.7 Å². The van der Waals surface area contributed by atoms with Crippen molar-refractivity contribution in [3.05, 3.63) is 29.3 Å². The Kier molecular flexibility index (Phi) is 6.97. The van der Waals surface area contributed by atoms with Gasteiger partial charge < -0.3 is 13.3 Å². The van der Waals surface area contributed by atoms with Crippen LogP contribution in [0.15, 0.2) is 24.3 Å². The van der Waals surface area contributed by atoms with Crippen molar-refractivity contribution in [2.75, 3.05) is 19.8 Å². The molecular formula is C16H25NO3SSi. The second-order valence-electron chi connectivity index (χ2n) is 4.91. The third kappa shape index (κ3) is 4.60. The van der Waals surface area contributed by atoms with E-state index in [1.54, 1.807) is 11.3 Å². The Hall–Kier alpha value is -0.793. The first-order valence-corrected chi connectivity index (χ1v) is 10.7. The first-order chi connectivity index (χ1) is 10.7. The monoisotopic (exact) mass is 339 g/mol. The minimum Gasteiger partial charge on any atom is -0.374 e. The van der Waals surface area contributed by atoms with Crippen LogP contribution in [0.5, 0.6) is 0 Å². The lowest BCUT2D eigenvalue weighted by Gasteiger charge is -2.28. The number of thiazole rings is 1. The van der Waals surface area contributed by atoms with Crippen LogP contribution in [0.25, 0.3) is 10.2 Å². The summed E-state index contributed by atoms with van der Waals surface area (Å²) >= 11 is 1.77. The molecule has 0 N–H and O–H groups in total. The van der Waals surface area contributed by atoms with Crippen LogP contribution in [0, 0.1) is 0 Å². The summed E-state index contributed by atoms with van der Waals surface area (Å²) in [5, 5.41) is 1.17. The molecule has 2 rings (SSSR count). The molecule has 0 radical (unpaired) electrons. The van der Waals surface area contributed by atoms with E-state index in [0.29, 0.717) is 19.8 Å². The van der Waals surface area contributed by atoms with Crippen molar-refractivity contribution in [1.82, 2.24) is 4.98 Å². The van der Waals surface area contributed by atoms with Gasteiger partial charge in [0.2, 0.25) is 0 Å². The van der Waals surface area contributed by atoms with Gasteiger partial charge in [-0.15, -0.1) is 11.3 Å². The Bertz CT molecular complexity index is 525. The van der Waals surface area contributed by atoms with Crippen molar-refractivity contribution >= 4 is 30.4 Å². The van der Waals surface area contributed by atoms with Gasteiger partial charge in [0.15, 0.2) is 0 Å². The van der Waals surface area contributed by atoms with E-state index in [2.05, 4.69) is 23.2 Å². The Balaban J connectivity index is 1.96. The van der Waals surface area contributed by atoms with Crippen LogP contribution in [0.3, 0.4) is 0 Å². The number of hydrogen-bond donors (Lipinski definition) is 0. The molecule has 1 aromatic heterocycles. The van der Waals surface area contributed by atoms with Gasteiger partial charge in [0.1, 0.15) is 0 Å². The average molecular weight is 340 g/mol. The number of rotatable bonds is 10. The van der Waals surface area contributed by atoms with Gasteiger partial charge in [-0.2, -0.15) is 0 Å². The molecule has 2 aromatic rings. The number of benzene rings is 1. The van der Waals surface area contributed by atoms with Gasteiger partial charge in [0, 0.05) is 25.9 Å². The second kappa shape index (κ2) is 8.74. The largest absolute Gasteiger partial charge is 0.500 e. The number of para-hydroxylation sites is 1. The molecule has 0 saturated carbocycles. The lowest BCUT2D eigenvalue weighted by molar-refractivity contribution is 0.0708. The molecule has 1 aromatic carbocycles. The average Bonchev–Trinajstić information content (AvgIpc) is 2.90. The standard InChI is InChI=1S/C16H25NO3SSi/c1-4-18-22(19-5-2,20-6-3)13-9-12-16-17-14-10-7-8-11-15(14)21-16/h7-8,10-11H,4-6,9,12-13H2,1-3H3. The summed E-state index contributed by atoms with van der Waals surface area (Å²) in [7, 11) is -2.51. The van der Waals surface area contributed by atoms with Crippen molar-refractivity contribution in [3.8, 4) is 0 Å². The summed E-state index contributed by atoms with van der Waals surface area (Å²) in [5.41, 5.74) is 1.09. The molecule has 0 unspecified atom stereocenters. The van der Waals surface area contributed by atoms with Gasteiger partial charge in [0.25, 0.3) is 0 Å². The van der Waals surface area contributed by atoms with Crippen LogP contribution in [-0.2, 0) is 19.7 Å². The molecule has 0 saturated heterocycles. The van der Waals surface area contributed by atoms with Crippen LogP contribution in [-0.4, -0.2) is 33.6 Å². The summed E-state index contributed by atoms with van der Waals surface area (Å²) in [6, 6.07) is 9.12. The highest BCUT2D eigenvalue weighted by atomic mass is 32.1. The van der Waals surface area contributed by atoms with E-state index >= 15 is 0 Å². The first-order valence-electron chi connectivity index (χ1n) is 7.99. The van der Waals surface area contributed by atoms with Crippen molar-refractivity contribution in [1.29, 1.82) is 0 Å². The molecule has 0 spiro atoms. The topological polar surface area (TPSA) is 40.6 Å². The molecule has 0 aliphatic heterocycles. The lowest BCUT2D eigenvalue weighted by atomic mass is 10.3. The SMILES string of the molecule is CCO[Si](CCCc1nc2ccccc2s1)(OCC)OCC. The fraction of sp³-hybridized carbons (Fsp3) is 0.562. The summed E-state index contributed by atoms with van der Waals surface area (Å²) in [5.74, 6) is 0. The summed E-state index contributed by atoms with van der Waals surface area (Å²) in [6.07, 6.45) is 1.92. The van der Waals surface area contributed by atoms with E-state index in [1.807, 2.05) is 26.8 Å². The maximum absolute atomic E-state index is 5.88. The predicted molar refractivity (Wildman–Crippen MR) is 93.4 cm³/mol. The van der Waals surface area contributed by atoms with E-state index in [0.717, 1.165) is 24.4 Å². The maximum Gasteiger partial charge on any atom is 0.500 e. The van der Waals surface area contributed by atoms with Gasteiger partial charge >= 0.3 is 8.80 Å². The zero-order chi connectivity index (χ0) is 15.8. The molecule has 22 heavy (non-hydrogen) atoms. The van der Waals surface area contributed by atoms with Crippen molar-refractivity contribution in [3.63, 3.8) is 0 Å². The van der Waals surface area contributed by atoms with E-state index < -0.39 is 8.80 Å². The quantitative estimate of drug-likeness (QED) is 0.606. The highest BCUT2D eigenvalue weighted by Gasteiger charge is 2.39. The zero-order valence-electron chi connectivity index (χ0n) is 13.6. The fourth-order valence-electron chi connectivity index (χ4n) is 2.48. The number of aryl methyl sites for hydroxylation is 1. The number of hydrogen-bond acceptors (Lipinski definition) is 5. The molecule has 0 fully saturated rings. The molecule has 0 atom stereocenters. The van der Waals surface area contributed by atoms with E-state index in [1.165, 1.54) is 9.71 Å². The van der Waals surface area contributed by atoms with Crippen LogP contribution in [0.1, 0.15) is 32.2 Å². The third-order valence-electron chi connectivity index (χ3n) is 3.30. The van der Waals surface area contributed by atoms with Crippen molar-refractivity contribution < 1.29 is 13.3 Å². The minimum absolute atomic E-state index is 0.632. The Labute approximate surface area is 137 Å². The summed E-state index contributed by atoms with van der Waals surface area (Å²) in [4.78, 5) is 4.68. The first kappa shape index (κ1) is 17.6. The summed E-state index contributed by atoms with van der Waals surface area (Å²) < 4.78 is 18.9. The van der Waals surface area contributed by atoms with Crippen molar-refractivity contribution in [2.24, 2.45) is 0 Å². The molecule has 0 aliphatic rings. The van der Waals surface area contributed by atoms with Crippen LogP contribution in [0.4, 0.5) is 0 Å². The molecule has 0 bridgehead atoms. The van der Waals surface area contributed by atoms with Crippen LogP contribution < -0.4 is 0 Å². The normalized spacial score (nSPS) is 12.1. The minimum atomic E-state index is -2.51. The highest BCUT2D eigenvalue weighted by molar-refractivity contribution is 7.18. The number of nitrogens with zero attached hydrogens (tertiary/aromatic N) is 1. The molecule has 1 heterocycles. The fourth-order valence-corrected chi connectivity index (χ4v) is 6.11.